The summed E-state index contributed by atoms with van der Waals surface area (Å²) in [6.45, 7) is 12.2. The summed E-state index contributed by atoms with van der Waals surface area (Å²) < 4.78 is 20.5. The minimum absolute atomic E-state index is 0.137. The maximum Gasteiger partial charge on any atom is 0.193 e. The third kappa shape index (κ3) is 5.82. The lowest BCUT2D eigenvalue weighted by Gasteiger charge is -2.35. The SMILES string of the molecule is CCOC1CCN(C(=NC)NCc2ccc(N3CCN(CC)CC3)c(F)c2)CC1. The standard InChI is InChI=1S/C22H36FN5O/c1-4-26-12-14-27(15-13-26)21-7-6-18(16-20(21)23)17-25-22(24-3)28-10-8-19(9-11-28)29-5-2/h6-7,16,19H,4-5,8-15,17H2,1-3H3,(H,24,25). The van der Waals surface area contributed by atoms with Crippen LogP contribution in [-0.2, 0) is 11.3 Å². The Morgan fingerprint density at radius 2 is 1.86 bits per heavy atom. The summed E-state index contributed by atoms with van der Waals surface area (Å²) in [5.74, 6) is 0.738. The van der Waals surface area contributed by atoms with E-state index < -0.39 is 0 Å². The lowest BCUT2D eigenvalue weighted by Crippen LogP contribution is -2.47. The molecule has 6 nitrogen and oxygen atoms in total. The number of guanidine groups is 1. The first-order valence-electron chi connectivity index (χ1n) is 11.0. The third-order valence-electron chi connectivity index (χ3n) is 5.98. The smallest absolute Gasteiger partial charge is 0.193 e. The molecule has 2 aliphatic heterocycles. The number of benzene rings is 1. The minimum Gasteiger partial charge on any atom is -0.378 e. The van der Waals surface area contributed by atoms with Gasteiger partial charge in [0.2, 0.25) is 0 Å². The van der Waals surface area contributed by atoms with Crippen LogP contribution >= 0.6 is 0 Å². The molecule has 3 rings (SSSR count). The van der Waals surface area contributed by atoms with Crippen LogP contribution in [0.15, 0.2) is 23.2 Å². The first kappa shape index (κ1) is 21.8. The van der Waals surface area contributed by atoms with Gasteiger partial charge < -0.3 is 24.8 Å². The highest BCUT2D eigenvalue weighted by Crippen LogP contribution is 2.22. The van der Waals surface area contributed by atoms with Crippen molar-refractivity contribution in [3.63, 3.8) is 0 Å². The van der Waals surface area contributed by atoms with E-state index in [9.17, 15) is 4.39 Å². The molecule has 2 saturated heterocycles. The molecule has 0 atom stereocenters. The van der Waals surface area contributed by atoms with Crippen molar-refractivity contribution >= 4 is 11.6 Å². The molecule has 0 aromatic heterocycles. The summed E-state index contributed by atoms with van der Waals surface area (Å²) >= 11 is 0. The van der Waals surface area contributed by atoms with E-state index in [4.69, 9.17) is 4.74 Å². The molecule has 2 heterocycles. The number of likely N-dealkylation sites (N-methyl/N-ethyl adjacent to an activating group) is 1. The van der Waals surface area contributed by atoms with E-state index >= 15 is 0 Å². The molecule has 0 bridgehead atoms. The van der Waals surface area contributed by atoms with Crippen molar-refractivity contribution in [2.24, 2.45) is 4.99 Å². The van der Waals surface area contributed by atoms with Crippen molar-refractivity contribution in [3.05, 3.63) is 29.6 Å². The van der Waals surface area contributed by atoms with E-state index in [1.165, 1.54) is 0 Å². The van der Waals surface area contributed by atoms with Crippen LogP contribution in [0.25, 0.3) is 0 Å². The fraction of sp³-hybridized carbons (Fsp3) is 0.682. The first-order chi connectivity index (χ1) is 14.1. The average molecular weight is 406 g/mol. The van der Waals surface area contributed by atoms with E-state index in [2.05, 4.69) is 31.9 Å². The van der Waals surface area contributed by atoms with Crippen LogP contribution in [0.4, 0.5) is 10.1 Å². The Hall–Kier alpha value is -1.86. The van der Waals surface area contributed by atoms with Gasteiger partial charge in [-0.15, -0.1) is 0 Å². The van der Waals surface area contributed by atoms with Crippen molar-refractivity contribution in [3.8, 4) is 0 Å². The molecule has 0 spiro atoms. The number of likely N-dealkylation sites (tertiary alicyclic amines) is 1. The minimum atomic E-state index is -0.137. The van der Waals surface area contributed by atoms with Crippen LogP contribution in [0.5, 0.6) is 0 Å². The molecule has 1 aromatic carbocycles. The van der Waals surface area contributed by atoms with E-state index in [0.717, 1.165) is 76.8 Å². The monoisotopic (exact) mass is 405 g/mol. The molecule has 2 aliphatic rings. The number of ether oxygens (including phenoxy) is 1. The number of aliphatic imine (C=N–C) groups is 1. The number of halogens is 1. The maximum atomic E-state index is 14.8. The summed E-state index contributed by atoms with van der Waals surface area (Å²) in [6, 6.07) is 5.60. The third-order valence-corrected chi connectivity index (χ3v) is 5.98. The molecule has 1 N–H and O–H groups in total. The van der Waals surface area contributed by atoms with Gasteiger partial charge in [-0.2, -0.15) is 0 Å². The lowest BCUT2D eigenvalue weighted by atomic mass is 10.1. The van der Waals surface area contributed by atoms with Crippen LogP contribution in [0.1, 0.15) is 32.3 Å². The van der Waals surface area contributed by atoms with Gasteiger partial charge in [-0.1, -0.05) is 13.0 Å². The molecular weight excluding hydrogens is 369 g/mol. The summed E-state index contributed by atoms with van der Waals surface area (Å²) in [5.41, 5.74) is 1.65. The highest BCUT2D eigenvalue weighted by molar-refractivity contribution is 5.80. The average Bonchev–Trinajstić information content (AvgIpc) is 2.76. The van der Waals surface area contributed by atoms with Crippen molar-refractivity contribution in [1.82, 2.24) is 15.1 Å². The van der Waals surface area contributed by atoms with Gasteiger partial charge in [-0.25, -0.2) is 4.39 Å². The van der Waals surface area contributed by atoms with E-state index in [0.29, 0.717) is 18.3 Å². The topological polar surface area (TPSA) is 43.3 Å². The zero-order valence-corrected chi connectivity index (χ0v) is 18.2. The second-order valence-electron chi connectivity index (χ2n) is 7.75. The molecule has 29 heavy (non-hydrogen) atoms. The molecule has 162 valence electrons. The number of nitrogens with one attached hydrogen (secondary N) is 1. The normalized spacial score (nSPS) is 19.7. The fourth-order valence-corrected chi connectivity index (χ4v) is 4.21. The molecule has 2 fully saturated rings. The largest absolute Gasteiger partial charge is 0.378 e. The van der Waals surface area contributed by atoms with Crippen molar-refractivity contribution < 1.29 is 9.13 Å². The zero-order valence-electron chi connectivity index (χ0n) is 18.2. The number of piperazine rings is 1. The van der Waals surface area contributed by atoms with Gasteiger partial charge in [0.05, 0.1) is 11.8 Å². The fourth-order valence-electron chi connectivity index (χ4n) is 4.21. The second kappa shape index (κ2) is 10.8. The molecule has 0 radical (unpaired) electrons. The van der Waals surface area contributed by atoms with E-state index in [1.54, 1.807) is 13.1 Å². The Balaban J connectivity index is 1.52. The number of piperidine rings is 1. The zero-order chi connectivity index (χ0) is 20.6. The van der Waals surface area contributed by atoms with Gasteiger partial charge in [-0.3, -0.25) is 4.99 Å². The highest BCUT2D eigenvalue weighted by Gasteiger charge is 2.22. The Kier molecular flexibility index (Phi) is 8.12. The Morgan fingerprint density at radius 1 is 1.14 bits per heavy atom. The van der Waals surface area contributed by atoms with Gasteiger partial charge in [-0.05, 0) is 44.0 Å². The van der Waals surface area contributed by atoms with Gasteiger partial charge >= 0.3 is 0 Å². The Morgan fingerprint density at radius 3 is 2.45 bits per heavy atom. The molecule has 1 aromatic rings. The maximum absolute atomic E-state index is 14.8. The van der Waals surface area contributed by atoms with E-state index in [-0.39, 0.29) is 5.82 Å². The summed E-state index contributed by atoms with van der Waals surface area (Å²) in [5, 5.41) is 3.39. The lowest BCUT2D eigenvalue weighted by molar-refractivity contribution is 0.0263. The van der Waals surface area contributed by atoms with Crippen molar-refractivity contribution in [2.45, 2.75) is 39.3 Å². The van der Waals surface area contributed by atoms with Crippen LogP contribution in [-0.4, -0.2) is 81.3 Å². The summed E-state index contributed by atoms with van der Waals surface area (Å²) in [4.78, 5) is 11.2. The molecule has 0 amide bonds. The summed E-state index contributed by atoms with van der Waals surface area (Å²) in [6.07, 6.45) is 2.39. The van der Waals surface area contributed by atoms with Crippen molar-refractivity contribution in [2.75, 3.05) is 64.4 Å². The predicted octanol–water partition coefficient (Wildman–Crippen LogP) is 2.54. The number of hydrogen-bond donors (Lipinski definition) is 1. The number of anilines is 1. The van der Waals surface area contributed by atoms with Crippen LogP contribution in [0.3, 0.4) is 0 Å². The van der Waals surface area contributed by atoms with Gasteiger partial charge in [0.1, 0.15) is 5.82 Å². The molecule has 7 heteroatoms. The van der Waals surface area contributed by atoms with Gasteiger partial charge in [0, 0.05) is 59.5 Å². The highest BCUT2D eigenvalue weighted by atomic mass is 19.1. The predicted molar refractivity (Wildman–Crippen MR) is 117 cm³/mol. The second-order valence-corrected chi connectivity index (χ2v) is 7.75. The Labute approximate surface area is 174 Å². The number of rotatable bonds is 6. The number of nitrogens with zero attached hydrogens (tertiary/aromatic N) is 4. The van der Waals surface area contributed by atoms with Crippen LogP contribution in [0, 0.1) is 5.82 Å². The Bertz CT molecular complexity index is 667. The van der Waals surface area contributed by atoms with E-state index in [1.807, 2.05) is 19.1 Å². The molecule has 0 unspecified atom stereocenters. The van der Waals surface area contributed by atoms with Crippen LogP contribution < -0.4 is 10.2 Å². The first-order valence-corrected chi connectivity index (χ1v) is 11.0. The molecular formula is C22H36FN5O. The van der Waals surface area contributed by atoms with Crippen LogP contribution in [0.2, 0.25) is 0 Å². The quantitative estimate of drug-likeness (QED) is 0.582. The molecule has 0 aliphatic carbocycles. The van der Waals surface area contributed by atoms with Crippen molar-refractivity contribution in [1.29, 1.82) is 0 Å². The number of hydrogen-bond acceptors (Lipinski definition) is 4. The van der Waals surface area contributed by atoms with Gasteiger partial charge in [0.25, 0.3) is 0 Å². The summed E-state index contributed by atoms with van der Waals surface area (Å²) in [7, 11) is 1.80. The van der Waals surface area contributed by atoms with Gasteiger partial charge in [0.15, 0.2) is 5.96 Å². The molecule has 0 saturated carbocycles.